The van der Waals surface area contributed by atoms with Crippen molar-refractivity contribution < 1.29 is 9.47 Å². The SMILES string of the molecule is COc1cncc(OC)c1C1CNC1. The van der Waals surface area contributed by atoms with Gasteiger partial charge in [0.25, 0.3) is 0 Å². The summed E-state index contributed by atoms with van der Waals surface area (Å²) in [7, 11) is 3.32. The molecule has 4 heteroatoms. The third-order valence-electron chi connectivity index (χ3n) is 2.54. The van der Waals surface area contributed by atoms with Crippen LogP contribution in [0.3, 0.4) is 0 Å². The van der Waals surface area contributed by atoms with Crippen molar-refractivity contribution in [2.45, 2.75) is 5.92 Å². The molecule has 1 aliphatic rings. The predicted octanol–water partition coefficient (Wildman–Crippen LogP) is 0.786. The molecule has 0 spiro atoms. The molecule has 1 saturated heterocycles. The highest BCUT2D eigenvalue weighted by atomic mass is 16.5. The predicted molar refractivity (Wildman–Crippen MR) is 53.0 cm³/mol. The van der Waals surface area contributed by atoms with Gasteiger partial charge in [-0.3, -0.25) is 4.98 Å². The standard InChI is InChI=1S/C10H14N2O2/c1-13-8-5-12-6-9(14-2)10(8)7-3-11-4-7/h5-7,11H,3-4H2,1-2H3. The molecule has 0 saturated carbocycles. The van der Waals surface area contributed by atoms with Crippen molar-refractivity contribution in [2.75, 3.05) is 27.3 Å². The molecule has 0 bridgehead atoms. The lowest BCUT2D eigenvalue weighted by Gasteiger charge is -2.29. The summed E-state index contributed by atoms with van der Waals surface area (Å²) in [5, 5.41) is 3.23. The fraction of sp³-hybridized carbons (Fsp3) is 0.500. The van der Waals surface area contributed by atoms with E-state index >= 15 is 0 Å². The van der Waals surface area contributed by atoms with Gasteiger partial charge in [0, 0.05) is 24.6 Å². The van der Waals surface area contributed by atoms with E-state index in [4.69, 9.17) is 9.47 Å². The number of methoxy groups -OCH3 is 2. The maximum absolute atomic E-state index is 5.27. The van der Waals surface area contributed by atoms with Crippen LogP contribution in [0.15, 0.2) is 12.4 Å². The van der Waals surface area contributed by atoms with E-state index in [-0.39, 0.29) is 0 Å². The van der Waals surface area contributed by atoms with E-state index < -0.39 is 0 Å². The number of pyridine rings is 1. The van der Waals surface area contributed by atoms with Crippen molar-refractivity contribution in [3.63, 3.8) is 0 Å². The van der Waals surface area contributed by atoms with Crippen LogP contribution in [0, 0.1) is 0 Å². The highest BCUT2D eigenvalue weighted by molar-refractivity contribution is 5.45. The van der Waals surface area contributed by atoms with Gasteiger partial charge in [0.05, 0.1) is 26.6 Å². The molecule has 1 aromatic heterocycles. The minimum absolute atomic E-state index is 0.489. The smallest absolute Gasteiger partial charge is 0.144 e. The first-order valence-electron chi connectivity index (χ1n) is 4.63. The van der Waals surface area contributed by atoms with Crippen LogP contribution in [0.25, 0.3) is 0 Å². The molecule has 4 nitrogen and oxygen atoms in total. The first kappa shape index (κ1) is 9.27. The number of nitrogens with one attached hydrogen (secondary N) is 1. The second-order valence-corrected chi connectivity index (χ2v) is 3.31. The number of hydrogen-bond acceptors (Lipinski definition) is 4. The Balaban J connectivity index is 2.39. The Morgan fingerprint density at radius 1 is 1.21 bits per heavy atom. The van der Waals surface area contributed by atoms with Crippen molar-refractivity contribution in [1.29, 1.82) is 0 Å². The van der Waals surface area contributed by atoms with Gasteiger partial charge in [0.1, 0.15) is 11.5 Å². The molecule has 0 radical (unpaired) electrons. The Labute approximate surface area is 83.2 Å². The molecule has 2 heterocycles. The molecule has 76 valence electrons. The largest absolute Gasteiger partial charge is 0.495 e. The van der Waals surface area contributed by atoms with Crippen LogP contribution >= 0.6 is 0 Å². The second-order valence-electron chi connectivity index (χ2n) is 3.31. The Morgan fingerprint density at radius 2 is 1.79 bits per heavy atom. The van der Waals surface area contributed by atoms with E-state index in [0.29, 0.717) is 5.92 Å². The molecule has 0 aliphatic carbocycles. The van der Waals surface area contributed by atoms with E-state index in [9.17, 15) is 0 Å². The van der Waals surface area contributed by atoms with Gasteiger partial charge < -0.3 is 14.8 Å². The minimum Gasteiger partial charge on any atom is -0.495 e. The topological polar surface area (TPSA) is 43.4 Å². The lowest BCUT2D eigenvalue weighted by atomic mass is 9.93. The van der Waals surface area contributed by atoms with Crippen LogP contribution in [-0.2, 0) is 0 Å². The van der Waals surface area contributed by atoms with E-state index in [1.54, 1.807) is 26.6 Å². The zero-order chi connectivity index (χ0) is 9.97. The summed E-state index contributed by atoms with van der Waals surface area (Å²) in [6.45, 7) is 1.97. The first-order chi connectivity index (χ1) is 6.86. The van der Waals surface area contributed by atoms with Gasteiger partial charge in [-0.25, -0.2) is 0 Å². The summed E-state index contributed by atoms with van der Waals surface area (Å²) in [4.78, 5) is 4.06. The average molecular weight is 194 g/mol. The van der Waals surface area contributed by atoms with Gasteiger partial charge in [0.15, 0.2) is 0 Å². The zero-order valence-corrected chi connectivity index (χ0v) is 8.41. The summed E-state index contributed by atoms with van der Waals surface area (Å²) in [5.74, 6) is 2.12. The summed E-state index contributed by atoms with van der Waals surface area (Å²) in [5.41, 5.74) is 1.13. The van der Waals surface area contributed by atoms with Crippen molar-refractivity contribution >= 4 is 0 Å². The lowest BCUT2D eigenvalue weighted by Crippen LogP contribution is -2.40. The molecule has 1 aromatic rings. The number of aromatic nitrogens is 1. The third kappa shape index (κ3) is 1.42. The van der Waals surface area contributed by atoms with Crippen molar-refractivity contribution in [3.8, 4) is 11.5 Å². The van der Waals surface area contributed by atoms with E-state index in [1.807, 2.05) is 0 Å². The molecular formula is C10H14N2O2. The van der Waals surface area contributed by atoms with Crippen LogP contribution in [-0.4, -0.2) is 32.3 Å². The molecule has 1 N–H and O–H groups in total. The number of nitrogens with zero attached hydrogens (tertiary/aromatic N) is 1. The Hall–Kier alpha value is -1.29. The molecular weight excluding hydrogens is 180 g/mol. The van der Waals surface area contributed by atoms with Gasteiger partial charge in [-0.1, -0.05) is 0 Å². The fourth-order valence-electron chi connectivity index (χ4n) is 1.65. The third-order valence-corrected chi connectivity index (χ3v) is 2.54. The van der Waals surface area contributed by atoms with Gasteiger partial charge in [-0.05, 0) is 0 Å². The molecule has 0 unspecified atom stereocenters. The van der Waals surface area contributed by atoms with E-state index in [0.717, 1.165) is 30.2 Å². The minimum atomic E-state index is 0.489. The highest BCUT2D eigenvalue weighted by Gasteiger charge is 2.26. The molecule has 0 aromatic carbocycles. The summed E-state index contributed by atoms with van der Waals surface area (Å²) >= 11 is 0. The molecule has 1 aliphatic heterocycles. The van der Waals surface area contributed by atoms with Crippen LogP contribution in [0.5, 0.6) is 11.5 Å². The monoisotopic (exact) mass is 194 g/mol. The zero-order valence-electron chi connectivity index (χ0n) is 8.41. The molecule has 14 heavy (non-hydrogen) atoms. The van der Waals surface area contributed by atoms with Gasteiger partial charge in [0.2, 0.25) is 0 Å². The lowest BCUT2D eigenvalue weighted by molar-refractivity contribution is 0.354. The second kappa shape index (κ2) is 3.84. The maximum atomic E-state index is 5.27. The van der Waals surface area contributed by atoms with Crippen molar-refractivity contribution in [3.05, 3.63) is 18.0 Å². The fourth-order valence-corrected chi connectivity index (χ4v) is 1.65. The maximum Gasteiger partial charge on any atom is 0.144 e. The first-order valence-corrected chi connectivity index (χ1v) is 4.63. The van der Waals surface area contributed by atoms with Gasteiger partial charge >= 0.3 is 0 Å². The van der Waals surface area contributed by atoms with E-state index in [2.05, 4.69) is 10.3 Å². The van der Waals surface area contributed by atoms with Crippen molar-refractivity contribution in [2.24, 2.45) is 0 Å². The van der Waals surface area contributed by atoms with Crippen LogP contribution in [0.4, 0.5) is 0 Å². The van der Waals surface area contributed by atoms with Gasteiger partial charge in [-0.15, -0.1) is 0 Å². The molecule has 2 rings (SSSR count). The summed E-state index contributed by atoms with van der Waals surface area (Å²) in [6, 6.07) is 0. The molecule has 0 atom stereocenters. The number of rotatable bonds is 3. The Morgan fingerprint density at radius 3 is 2.14 bits per heavy atom. The normalized spacial score (nSPS) is 16.1. The summed E-state index contributed by atoms with van der Waals surface area (Å²) < 4.78 is 10.5. The van der Waals surface area contributed by atoms with E-state index in [1.165, 1.54) is 0 Å². The summed E-state index contributed by atoms with van der Waals surface area (Å²) in [6.07, 6.45) is 3.46. The quantitative estimate of drug-likeness (QED) is 0.772. The van der Waals surface area contributed by atoms with Gasteiger partial charge in [-0.2, -0.15) is 0 Å². The number of ether oxygens (including phenoxy) is 2. The average Bonchev–Trinajstić information content (AvgIpc) is 2.15. The highest BCUT2D eigenvalue weighted by Crippen LogP contribution is 2.35. The molecule has 1 fully saturated rings. The number of hydrogen-bond donors (Lipinski definition) is 1. The van der Waals surface area contributed by atoms with Crippen LogP contribution in [0.1, 0.15) is 11.5 Å². The van der Waals surface area contributed by atoms with Crippen LogP contribution in [0.2, 0.25) is 0 Å². The Bertz CT molecular complexity index is 302. The molecule has 0 amide bonds. The van der Waals surface area contributed by atoms with Crippen molar-refractivity contribution in [1.82, 2.24) is 10.3 Å². The van der Waals surface area contributed by atoms with Crippen LogP contribution < -0.4 is 14.8 Å². The Kier molecular flexibility index (Phi) is 2.54.